The molecule has 1 aliphatic heterocycles. The molecule has 0 radical (unpaired) electrons. The van der Waals surface area contributed by atoms with Crippen LogP contribution in [0.25, 0.3) is 0 Å². The van der Waals surface area contributed by atoms with Crippen LogP contribution >= 0.6 is 11.3 Å². The van der Waals surface area contributed by atoms with Crippen LogP contribution in [0.15, 0.2) is 34.4 Å². The van der Waals surface area contributed by atoms with Gasteiger partial charge < -0.3 is 10.1 Å². The fourth-order valence-electron chi connectivity index (χ4n) is 2.47. The van der Waals surface area contributed by atoms with Crippen molar-refractivity contribution in [2.45, 2.75) is 25.9 Å². The number of carbonyl (C=O) groups is 1. The highest BCUT2D eigenvalue weighted by Crippen LogP contribution is 2.31. The van der Waals surface area contributed by atoms with E-state index < -0.39 is 0 Å². The van der Waals surface area contributed by atoms with Gasteiger partial charge in [-0.05, 0) is 13.0 Å². The second-order valence-corrected chi connectivity index (χ2v) is 5.84. The van der Waals surface area contributed by atoms with Gasteiger partial charge in [0.25, 0.3) is 0 Å². The number of aromatic nitrogens is 1. The number of hydrogen-bond acceptors (Lipinski definition) is 4. The zero-order valence-corrected chi connectivity index (χ0v) is 12.5. The molecule has 0 saturated carbocycles. The first kappa shape index (κ1) is 13.9. The summed E-state index contributed by atoms with van der Waals surface area (Å²) in [7, 11) is 0. The maximum absolute atomic E-state index is 12.2. The number of amides is 1. The molecule has 6 heteroatoms. The number of para-hydroxylation sites is 1. The first-order valence-corrected chi connectivity index (χ1v) is 7.69. The van der Waals surface area contributed by atoms with Gasteiger partial charge in [-0.25, -0.2) is 0 Å². The predicted molar refractivity (Wildman–Crippen MR) is 80.8 cm³/mol. The minimum atomic E-state index is -0.152. The van der Waals surface area contributed by atoms with Crippen molar-refractivity contribution in [2.24, 2.45) is 0 Å². The van der Waals surface area contributed by atoms with Crippen LogP contribution in [-0.4, -0.2) is 17.1 Å². The first-order chi connectivity index (χ1) is 10.1. The zero-order valence-electron chi connectivity index (χ0n) is 11.7. The summed E-state index contributed by atoms with van der Waals surface area (Å²) in [5.41, 5.74) is 1.80. The highest BCUT2D eigenvalue weighted by molar-refractivity contribution is 7.07. The summed E-state index contributed by atoms with van der Waals surface area (Å²) in [6.07, 6.45) is 0.736. The van der Waals surface area contributed by atoms with Crippen molar-refractivity contribution < 1.29 is 9.53 Å². The minimum absolute atomic E-state index is 0.0582. The summed E-state index contributed by atoms with van der Waals surface area (Å²) in [6.45, 7) is 2.47. The second-order valence-electron chi connectivity index (χ2n) is 5.02. The Kier molecular flexibility index (Phi) is 3.79. The van der Waals surface area contributed by atoms with Gasteiger partial charge in [0.05, 0.1) is 12.6 Å². The minimum Gasteiger partial charge on any atom is -0.493 e. The number of fused-ring (bicyclic) bond motifs is 1. The summed E-state index contributed by atoms with van der Waals surface area (Å²) < 4.78 is 7.07. The summed E-state index contributed by atoms with van der Waals surface area (Å²) >= 11 is 1.12. The van der Waals surface area contributed by atoms with Gasteiger partial charge in [-0.2, -0.15) is 0 Å². The SMILES string of the molecule is Cc1csc(=O)n1CC(=O)N[C@@H]1CCOc2ccccc21. The molecule has 5 nitrogen and oxygen atoms in total. The summed E-state index contributed by atoms with van der Waals surface area (Å²) in [6, 6.07) is 7.65. The van der Waals surface area contributed by atoms with Crippen LogP contribution in [-0.2, 0) is 11.3 Å². The van der Waals surface area contributed by atoms with Crippen LogP contribution in [0.5, 0.6) is 5.75 Å². The Morgan fingerprint density at radius 1 is 1.48 bits per heavy atom. The monoisotopic (exact) mass is 304 g/mol. The Balaban J connectivity index is 1.73. The number of thiazole rings is 1. The van der Waals surface area contributed by atoms with Crippen molar-refractivity contribution in [2.75, 3.05) is 6.61 Å². The zero-order chi connectivity index (χ0) is 14.8. The van der Waals surface area contributed by atoms with E-state index >= 15 is 0 Å². The van der Waals surface area contributed by atoms with Gasteiger partial charge in [-0.1, -0.05) is 29.5 Å². The van der Waals surface area contributed by atoms with Gasteiger partial charge in [0.2, 0.25) is 5.91 Å². The van der Waals surface area contributed by atoms with Crippen molar-refractivity contribution in [1.82, 2.24) is 9.88 Å². The average Bonchev–Trinajstić information content (AvgIpc) is 2.79. The van der Waals surface area contributed by atoms with E-state index in [2.05, 4.69) is 5.32 Å². The maximum Gasteiger partial charge on any atom is 0.307 e. The molecule has 1 aromatic heterocycles. The Morgan fingerprint density at radius 3 is 3.05 bits per heavy atom. The quantitative estimate of drug-likeness (QED) is 0.941. The van der Waals surface area contributed by atoms with Gasteiger partial charge in [-0.3, -0.25) is 14.2 Å². The van der Waals surface area contributed by atoms with Crippen LogP contribution in [0.4, 0.5) is 0 Å². The molecular formula is C15H16N2O3S. The molecule has 0 spiro atoms. The molecule has 2 heterocycles. The molecule has 3 rings (SSSR count). The third-order valence-electron chi connectivity index (χ3n) is 3.57. The largest absolute Gasteiger partial charge is 0.493 e. The molecule has 0 fully saturated rings. The van der Waals surface area contributed by atoms with E-state index in [1.165, 1.54) is 4.57 Å². The third kappa shape index (κ3) is 2.85. The number of carbonyl (C=O) groups excluding carboxylic acids is 1. The van der Waals surface area contributed by atoms with Gasteiger partial charge >= 0.3 is 4.87 Å². The molecule has 2 aromatic rings. The van der Waals surface area contributed by atoms with Gasteiger partial charge in [0.1, 0.15) is 12.3 Å². The van der Waals surface area contributed by atoms with Crippen molar-refractivity contribution in [3.8, 4) is 5.75 Å². The molecule has 0 aliphatic carbocycles. The van der Waals surface area contributed by atoms with Crippen LogP contribution in [0.3, 0.4) is 0 Å². The lowest BCUT2D eigenvalue weighted by molar-refractivity contribution is -0.122. The van der Waals surface area contributed by atoms with Crippen molar-refractivity contribution in [1.29, 1.82) is 0 Å². The lowest BCUT2D eigenvalue weighted by Crippen LogP contribution is -2.36. The molecule has 1 aromatic carbocycles. The topological polar surface area (TPSA) is 60.3 Å². The number of benzene rings is 1. The number of nitrogens with one attached hydrogen (secondary N) is 1. The number of hydrogen-bond donors (Lipinski definition) is 1. The number of aryl methyl sites for hydroxylation is 1. The normalized spacial score (nSPS) is 16.9. The fraction of sp³-hybridized carbons (Fsp3) is 0.333. The molecule has 1 atom stereocenters. The van der Waals surface area contributed by atoms with E-state index in [1.54, 1.807) is 5.38 Å². The summed E-state index contributed by atoms with van der Waals surface area (Å²) in [5.74, 6) is 0.665. The summed E-state index contributed by atoms with van der Waals surface area (Å²) in [5, 5.41) is 4.76. The van der Waals surface area contributed by atoms with E-state index in [9.17, 15) is 9.59 Å². The van der Waals surface area contributed by atoms with Crippen molar-refractivity contribution >= 4 is 17.2 Å². The van der Waals surface area contributed by atoms with Crippen molar-refractivity contribution in [3.63, 3.8) is 0 Å². The third-order valence-corrected chi connectivity index (χ3v) is 4.45. The predicted octanol–water partition coefficient (Wildman–Crippen LogP) is 1.86. The van der Waals surface area contributed by atoms with Crippen LogP contribution in [0, 0.1) is 6.92 Å². The Morgan fingerprint density at radius 2 is 2.29 bits per heavy atom. The highest BCUT2D eigenvalue weighted by atomic mass is 32.1. The Labute approximate surface area is 126 Å². The van der Waals surface area contributed by atoms with E-state index in [0.29, 0.717) is 6.61 Å². The Bertz CT molecular complexity index is 720. The lowest BCUT2D eigenvalue weighted by atomic mass is 10.0. The Hall–Kier alpha value is -2.08. The molecule has 1 amide bonds. The summed E-state index contributed by atoms with van der Waals surface area (Å²) in [4.78, 5) is 23.7. The van der Waals surface area contributed by atoms with Crippen LogP contribution in [0.1, 0.15) is 23.7 Å². The first-order valence-electron chi connectivity index (χ1n) is 6.81. The lowest BCUT2D eigenvalue weighted by Gasteiger charge is -2.26. The van der Waals surface area contributed by atoms with Gasteiger partial charge in [-0.15, -0.1) is 0 Å². The number of nitrogens with zero attached hydrogens (tertiary/aromatic N) is 1. The number of rotatable bonds is 3. The molecular weight excluding hydrogens is 288 g/mol. The smallest absolute Gasteiger partial charge is 0.307 e. The van der Waals surface area contributed by atoms with Gasteiger partial charge in [0, 0.05) is 23.1 Å². The van der Waals surface area contributed by atoms with E-state index in [0.717, 1.165) is 34.8 Å². The van der Waals surface area contributed by atoms with Crippen LogP contribution in [0.2, 0.25) is 0 Å². The molecule has 0 unspecified atom stereocenters. The maximum atomic E-state index is 12.2. The molecule has 110 valence electrons. The average molecular weight is 304 g/mol. The number of ether oxygens (including phenoxy) is 1. The van der Waals surface area contributed by atoms with E-state index in [-0.39, 0.29) is 23.4 Å². The second kappa shape index (κ2) is 5.73. The molecule has 1 aliphatic rings. The highest BCUT2D eigenvalue weighted by Gasteiger charge is 2.22. The van der Waals surface area contributed by atoms with E-state index in [4.69, 9.17) is 4.74 Å². The van der Waals surface area contributed by atoms with Crippen LogP contribution < -0.4 is 14.9 Å². The van der Waals surface area contributed by atoms with Gasteiger partial charge in [0.15, 0.2) is 0 Å². The standard InChI is InChI=1S/C15H16N2O3S/c1-10-9-21-15(19)17(10)8-14(18)16-12-6-7-20-13-5-3-2-4-11(12)13/h2-5,9,12H,6-8H2,1H3,(H,16,18)/t12-/m1/s1. The molecule has 21 heavy (non-hydrogen) atoms. The fourth-order valence-corrected chi connectivity index (χ4v) is 3.21. The molecule has 1 N–H and O–H groups in total. The van der Waals surface area contributed by atoms with Crippen molar-refractivity contribution in [3.05, 3.63) is 50.6 Å². The molecule has 0 bridgehead atoms. The molecule has 0 saturated heterocycles. The van der Waals surface area contributed by atoms with E-state index in [1.807, 2.05) is 31.2 Å².